The third-order valence-corrected chi connectivity index (χ3v) is 6.69. The van der Waals surface area contributed by atoms with Crippen molar-refractivity contribution in [2.24, 2.45) is 0 Å². The summed E-state index contributed by atoms with van der Waals surface area (Å²) >= 11 is 1.32. The lowest BCUT2D eigenvalue weighted by atomic mass is 10.1. The molecule has 0 aliphatic heterocycles. The SMILES string of the molecule is CCc1ccc(C(=O)C(C)Sc2nc3ccccc3c(=O)n2-c2ccc(C)cc2C)cc1. The van der Waals surface area contributed by atoms with Gasteiger partial charge in [0.15, 0.2) is 10.9 Å². The van der Waals surface area contributed by atoms with Gasteiger partial charge in [0.05, 0.1) is 21.8 Å². The highest BCUT2D eigenvalue weighted by Crippen LogP contribution is 2.28. The molecule has 32 heavy (non-hydrogen) atoms. The molecule has 0 saturated heterocycles. The van der Waals surface area contributed by atoms with Crippen molar-refractivity contribution in [1.29, 1.82) is 0 Å². The van der Waals surface area contributed by atoms with E-state index in [1.54, 1.807) is 10.6 Å². The molecular formula is C27H26N2O2S. The van der Waals surface area contributed by atoms with Gasteiger partial charge in [-0.2, -0.15) is 0 Å². The number of aromatic nitrogens is 2. The highest BCUT2D eigenvalue weighted by atomic mass is 32.2. The van der Waals surface area contributed by atoms with Crippen LogP contribution in [-0.2, 0) is 6.42 Å². The van der Waals surface area contributed by atoms with E-state index in [1.807, 2.05) is 75.4 Å². The number of para-hydroxylation sites is 1. The summed E-state index contributed by atoms with van der Waals surface area (Å²) in [4.78, 5) is 31.4. The van der Waals surface area contributed by atoms with E-state index in [1.165, 1.54) is 17.3 Å². The van der Waals surface area contributed by atoms with Crippen molar-refractivity contribution in [3.63, 3.8) is 0 Å². The molecule has 1 atom stereocenters. The monoisotopic (exact) mass is 442 g/mol. The first kappa shape index (κ1) is 22.0. The maximum atomic E-state index is 13.5. The number of ketones is 1. The van der Waals surface area contributed by atoms with Crippen LogP contribution in [0.1, 0.15) is 40.9 Å². The van der Waals surface area contributed by atoms with Gasteiger partial charge in [-0.1, -0.05) is 72.8 Å². The Balaban J connectivity index is 1.80. The van der Waals surface area contributed by atoms with Gasteiger partial charge in [-0.05, 0) is 56.5 Å². The molecular weight excluding hydrogens is 416 g/mol. The van der Waals surface area contributed by atoms with Crippen LogP contribution in [-0.4, -0.2) is 20.6 Å². The van der Waals surface area contributed by atoms with Gasteiger partial charge in [0.25, 0.3) is 5.56 Å². The molecule has 1 aromatic heterocycles. The Morgan fingerprint density at radius 2 is 1.75 bits per heavy atom. The molecule has 0 bridgehead atoms. The molecule has 4 nitrogen and oxygen atoms in total. The summed E-state index contributed by atoms with van der Waals surface area (Å²) < 4.78 is 1.64. The summed E-state index contributed by atoms with van der Waals surface area (Å²) in [6.07, 6.45) is 0.933. The van der Waals surface area contributed by atoms with E-state index < -0.39 is 5.25 Å². The molecule has 0 N–H and O–H groups in total. The molecule has 0 aliphatic rings. The maximum absolute atomic E-state index is 13.5. The molecule has 5 heteroatoms. The topological polar surface area (TPSA) is 52.0 Å². The molecule has 162 valence electrons. The lowest BCUT2D eigenvalue weighted by Gasteiger charge is -2.18. The Labute approximate surface area is 192 Å². The number of hydrogen-bond acceptors (Lipinski definition) is 4. The van der Waals surface area contributed by atoms with Crippen LogP contribution in [0.5, 0.6) is 0 Å². The van der Waals surface area contributed by atoms with Crippen molar-refractivity contribution in [2.75, 3.05) is 0 Å². The number of nitrogens with zero attached hydrogens (tertiary/aromatic N) is 2. The first-order chi connectivity index (χ1) is 15.4. The molecule has 0 fully saturated rings. The average Bonchev–Trinajstić information content (AvgIpc) is 2.80. The summed E-state index contributed by atoms with van der Waals surface area (Å²) in [6, 6.07) is 21.1. The lowest BCUT2D eigenvalue weighted by Crippen LogP contribution is -2.24. The number of aryl methyl sites for hydroxylation is 3. The molecule has 1 heterocycles. The quantitative estimate of drug-likeness (QED) is 0.211. The van der Waals surface area contributed by atoms with E-state index in [-0.39, 0.29) is 11.3 Å². The van der Waals surface area contributed by atoms with Crippen LogP contribution in [0.3, 0.4) is 0 Å². The number of carbonyl (C=O) groups excluding carboxylic acids is 1. The van der Waals surface area contributed by atoms with Crippen LogP contribution in [0, 0.1) is 13.8 Å². The highest BCUT2D eigenvalue weighted by molar-refractivity contribution is 8.00. The van der Waals surface area contributed by atoms with Gasteiger partial charge < -0.3 is 0 Å². The second-order valence-corrected chi connectivity index (χ2v) is 9.32. The lowest BCUT2D eigenvalue weighted by molar-refractivity contribution is 0.0994. The highest BCUT2D eigenvalue weighted by Gasteiger charge is 2.22. The number of hydrogen-bond donors (Lipinski definition) is 0. The zero-order valence-corrected chi connectivity index (χ0v) is 19.6. The fourth-order valence-corrected chi connectivity index (χ4v) is 4.81. The predicted molar refractivity (Wildman–Crippen MR) is 132 cm³/mol. The first-order valence-electron chi connectivity index (χ1n) is 10.8. The standard InChI is InChI=1S/C27H26N2O2S/c1-5-20-11-13-21(14-12-20)25(30)19(4)32-27-28-23-9-7-6-8-22(23)26(31)29(27)24-15-10-17(2)16-18(24)3/h6-16,19H,5H2,1-4H3. The Morgan fingerprint density at radius 1 is 1.03 bits per heavy atom. The van der Waals surface area contributed by atoms with E-state index in [2.05, 4.69) is 13.0 Å². The number of fused-ring (bicyclic) bond motifs is 1. The minimum absolute atomic E-state index is 0.0206. The zero-order valence-electron chi connectivity index (χ0n) is 18.8. The minimum Gasteiger partial charge on any atom is -0.293 e. The second kappa shape index (κ2) is 9.13. The molecule has 1 unspecified atom stereocenters. The number of thioether (sulfide) groups is 1. The van der Waals surface area contributed by atoms with E-state index >= 15 is 0 Å². The van der Waals surface area contributed by atoms with Crippen LogP contribution >= 0.6 is 11.8 Å². The molecule has 4 rings (SSSR count). The van der Waals surface area contributed by atoms with E-state index in [4.69, 9.17) is 4.98 Å². The van der Waals surface area contributed by atoms with Crippen molar-refractivity contribution in [3.8, 4) is 5.69 Å². The van der Waals surface area contributed by atoms with E-state index in [0.29, 0.717) is 21.6 Å². The minimum atomic E-state index is -0.396. The number of benzene rings is 3. The van der Waals surface area contributed by atoms with Crippen molar-refractivity contribution >= 4 is 28.4 Å². The van der Waals surface area contributed by atoms with Crippen LogP contribution in [0.4, 0.5) is 0 Å². The number of Topliss-reactive ketones (excluding diaryl/α,β-unsaturated/α-hetero) is 1. The maximum Gasteiger partial charge on any atom is 0.266 e. The summed E-state index contributed by atoms with van der Waals surface area (Å²) in [5, 5.41) is 0.685. The van der Waals surface area contributed by atoms with Crippen molar-refractivity contribution in [1.82, 2.24) is 9.55 Å². The number of carbonyl (C=O) groups is 1. The molecule has 0 spiro atoms. The third kappa shape index (κ3) is 4.26. The molecule has 0 radical (unpaired) electrons. The molecule has 4 aromatic rings. The summed E-state index contributed by atoms with van der Waals surface area (Å²) in [5.74, 6) is 0.0206. The molecule has 0 saturated carbocycles. The van der Waals surface area contributed by atoms with Crippen LogP contribution < -0.4 is 5.56 Å². The van der Waals surface area contributed by atoms with Gasteiger partial charge in [-0.25, -0.2) is 4.98 Å². The number of rotatable bonds is 6. The Kier molecular flexibility index (Phi) is 6.28. The molecule has 3 aromatic carbocycles. The second-order valence-electron chi connectivity index (χ2n) is 8.02. The molecule has 0 aliphatic carbocycles. The van der Waals surface area contributed by atoms with Crippen LogP contribution in [0.15, 0.2) is 76.7 Å². The van der Waals surface area contributed by atoms with Crippen molar-refractivity contribution in [2.45, 2.75) is 44.5 Å². The van der Waals surface area contributed by atoms with Gasteiger partial charge in [-0.15, -0.1) is 0 Å². The summed E-state index contributed by atoms with van der Waals surface area (Å²) in [6.45, 7) is 7.97. The molecule has 0 amide bonds. The Bertz CT molecular complexity index is 1360. The van der Waals surface area contributed by atoms with Gasteiger partial charge >= 0.3 is 0 Å². The Hall–Kier alpha value is -3.18. The average molecular weight is 443 g/mol. The van der Waals surface area contributed by atoms with Crippen molar-refractivity contribution in [3.05, 3.63) is 99.3 Å². The van der Waals surface area contributed by atoms with Gasteiger partial charge in [0.1, 0.15) is 0 Å². The largest absolute Gasteiger partial charge is 0.293 e. The van der Waals surface area contributed by atoms with Gasteiger partial charge in [0, 0.05) is 5.56 Å². The van der Waals surface area contributed by atoms with Crippen LogP contribution in [0.25, 0.3) is 16.6 Å². The predicted octanol–water partition coefficient (Wildman–Crippen LogP) is 5.93. The fraction of sp³-hybridized carbons (Fsp3) is 0.222. The fourth-order valence-electron chi connectivity index (χ4n) is 3.81. The van der Waals surface area contributed by atoms with Gasteiger partial charge in [-0.3, -0.25) is 14.2 Å². The first-order valence-corrected chi connectivity index (χ1v) is 11.7. The third-order valence-electron chi connectivity index (χ3n) is 5.64. The normalized spacial score (nSPS) is 12.1. The van der Waals surface area contributed by atoms with E-state index in [9.17, 15) is 9.59 Å². The van der Waals surface area contributed by atoms with Crippen LogP contribution in [0.2, 0.25) is 0 Å². The summed E-state index contributed by atoms with van der Waals surface area (Å²) in [5.41, 5.74) is 5.27. The van der Waals surface area contributed by atoms with E-state index in [0.717, 1.165) is 23.2 Å². The zero-order chi connectivity index (χ0) is 22.8. The van der Waals surface area contributed by atoms with Gasteiger partial charge in [0.2, 0.25) is 0 Å². The Morgan fingerprint density at radius 3 is 2.44 bits per heavy atom. The smallest absolute Gasteiger partial charge is 0.266 e. The van der Waals surface area contributed by atoms with Crippen molar-refractivity contribution < 1.29 is 4.79 Å². The summed E-state index contributed by atoms with van der Waals surface area (Å²) in [7, 11) is 0.